The number of halogens is 1. The minimum atomic E-state index is -0.290. The SMILES string of the molecule is CC[C@H]1CN(c2ncc(-c3ncc[nH]3)cc2Cl)CCN1C1CCN(Cc2ccc(C(C)(C)N)cc2)CC1. The predicted octanol–water partition coefficient (Wildman–Crippen LogP) is 4.88. The third-order valence-electron chi connectivity index (χ3n) is 8.02. The van der Waals surface area contributed by atoms with Gasteiger partial charge in [-0.15, -0.1) is 0 Å². The van der Waals surface area contributed by atoms with Crippen LogP contribution in [0.25, 0.3) is 11.4 Å². The van der Waals surface area contributed by atoms with Gasteiger partial charge in [-0.25, -0.2) is 9.97 Å². The summed E-state index contributed by atoms with van der Waals surface area (Å²) in [4.78, 5) is 19.9. The van der Waals surface area contributed by atoms with Gasteiger partial charge >= 0.3 is 0 Å². The van der Waals surface area contributed by atoms with Crippen LogP contribution in [0.4, 0.5) is 5.82 Å². The number of pyridine rings is 1. The average molecular weight is 522 g/mol. The third kappa shape index (κ3) is 6.01. The number of benzene rings is 1. The van der Waals surface area contributed by atoms with Gasteiger partial charge in [0.15, 0.2) is 0 Å². The maximum atomic E-state index is 6.70. The summed E-state index contributed by atoms with van der Waals surface area (Å²) in [6.45, 7) is 12.7. The van der Waals surface area contributed by atoms with E-state index in [0.717, 1.165) is 62.9 Å². The quantitative estimate of drug-likeness (QED) is 0.461. The highest BCUT2D eigenvalue weighted by Gasteiger charge is 2.34. The standard InChI is InChI=1S/C29H40ClN7/c1-4-24-20-36(28-26(30)17-22(18-34-28)27-32-11-12-33-27)15-16-37(24)25-9-13-35(14-10-25)19-21-5-7-23(8-6-21)29(2,3)31/h5-8,11-12,17-18,24-25H,4,9-10,13-16,19-20,31H2,1-3H3,(H,32,33)/t24-/m0/s1. The predicted molar refractivity (Wildman–Crippen MR) is 152 cm³/mol. The number of aromatic nitrogens is 3. The number of likely N-dealkylation sites (tertiary alicyclic amines) is 1. The van der Waals surface area contributed by atoms with Crippen LogP contribution in [0.3, 0.4) is 0 Å². The largest absolute Gasteiger partial charge is 0.353 e. The first-order chi connectivity index (χ1) is 17.8. The summed E-state index contributed by atoms with van der Waals surface area (Å²) < 4.78 is 0. The van der Waals surface area contributed by atoms with Crippen LogP contribution in [-0.4, -0.2) is 69.6 Å². The summed E-state index contributed by atoms with van der Waals surface area (Å²) in [5.74, 6) is 1.68. The number of hydrogen-bond donors (Lipinski definition) is 2. The molecule has 1 atom stereocenters. The van der Waals surface area contributed by atoms with E-state index < -0.39 is 0 Å². The van der Waals surface area contributed by atoms with Crippen molar-refractivity contribution in [2.75, 3.05) is 37.6 Å². The summed E-state index contributed by atoms with van der Waals surface area (Å²) in [5.41, 5.74) is 9.42. The van der Waals surface area contributed by atoms with Crippen LogP contribution < -0.4 is 10.6 Å². The van der Waals surface area contributed by atoms with E-state index in [1.807, 2.05) is 18.5 Å². The summed E-state index contributed by atoms with van der Waals surface area (Å²) in [6.07, 6.45) is 9.00. The maximum absolute atomic E-state index is 6.70. The Hall–Kier alpha value is -2.45. The molecular formula is C29H40ClN7. The van der Waals surface area contributed by atoms with Gasteiger partial charge in [-0.05, 0) is 63.4 Å². The number of H-pyrrole nitrogens is 1. The van der Waals surface area contributed by atoms with Crippen LogP contribution in [0.1, 0.15) is 51.2 Å². The number of piperidine rings is 1. The van der Waals surface area contributed by atoms with Crippen molar-refractivity contribution in [1.82, 2.24) is 24.8 Å². The molecule has 1 aromatic carbocycles. The smallest absolute Gasteiger partial charge is 0.147 e. The number of aromatic amines is 1. The van der Waals surface area contributed by atoms with E-state index in [4.69, 9.17) is 22.3 Å². The molecule has 3 N–H and O–H groups in total. The van der Waals surface area contributed by atoms with E-state index in [9.17, 15) is 0 Å². The summed E-state index contributed by atoms with van der Waals surface area (Å²) in [6, 6.07) is 12.0. The third-order valence-corrected chi connectivity index (χ3v) is 8.30. The molecule has 0 amide bonds. The minimum Gasteiger partial charge on any atom is -0.353 e. The Morgan fingerprint density at radius 1 is 1.08 bits per heavy atom. The molecule has 0 aliphatic carbocycles. The van der Waals surface area contributed by atoms with Crippen molar-refractivity contribution < 1.29 is 0 Å². The number of piperazine rings is 1. The van der Waals surface area contributed by atoms with Crippen molar-refractivity contribution in [2.24, 2.45) is 5.73 Å². The molecule has 2 aliphatic heterocycles. The van der Waals surface area contributed by atoms with E-state index in [2.05, 4.69) is 69.7 Å². The van der Waals surface area contributed by atoms with E-state index in [-0.39, 0.29) is 5.54 Å². The van der Waals surface area contributed by atoms with E-state index in [0.29, 0.717) is 17.1 Å². The molecule has 0 unspecified atom stereocenters. The molecule has 2 aromatic heterocycles. The van der Waals surface area contributed by atoms with Gasteiger partial charge < -0.3 is 15.6 Å². The zero-order valence-corrected chi connectivity index (χ0v) is 23.1. The van der Waals surface area contributed by atoms with Crippen molar-refractivity contribution in [3.63, 3.8) is 0 Å². The van der Waals surface area contributed by atoms with Crippen molar-refractivity contribution >= 4 is 17.4 Å². The summed E-state index contributed by atoms with van der Waals surface area (Å²) >= 11 is 6.70. The van der Waals surface area contributed by atoms with E-state index in [1.165, 1.54) is 24.0 Å². The lowest BCUT2D eigenvalue weighted by Crippen LogP contribution is -2.58. The minimum absolute atomic E-state index is 0.290. The van der Waals surface area contributed by atoms with Gasteiger partial charge in [0.2, 0.25) is 0 Å². The summed E-state index contributed by atoms with van der Waals surface area (Å²) in [7, 11) is 0. The second-order valence-electron chi connectivity index (χ2n) is 11.1. The Morgan fingerprint density at radius 3 is 2.46 bits per heavy atom. The molecule has 8 heteroatoms. The van der Waals surface area contributed by atoms with Crippen LogP contribution >= 0.6 is 11.6 Å². The number of rotatable bonds is 7. The van der Waals surface area contributed by atoms with Gasteiger partial charge in [0, 0.05) is 68.0 Å². The van der Waals surface area contributed by atoms with Crippen LogP contribution in [0.15, 0.2) is 48.9 Å². The molecule has 198 valence electrons. The molecule has 37 heavy (non-hydrogen) atoms. The number of imidazole rings is 1. The molecule has 4 heterocycles. The van der Waals surface area contributed by atoms with Crippen molar-refractivity contribution in [1.29, 1.82) is 0 Å². The fourth-order valence-corrected chi connectivity index (χ4v) is 6.11. The van der Waals surface area contributed by atoms with Gasteiger partial charge in [0.1, 0.15) is 11.6 Å². The molecule has 7 nitrogen and oxygen atoms in total. The highest BCUT2D eigenvalue weighted by atomic mass is 35.5. The number of nitrogens with zero attached hydrogens (tertiary/aromatic N) is 5. The molecule has 2 saturated heterocycles. The van der Waals surface area contributed by atoms with Crippen LogP contribution in [-0.2, 0) is 12.1 Å². The first-order valence-electron chi connectivity index (χ1n) is 13.6. The molecule has 0 radical (unpaired) electrons. The van der Waals surface area contributed by atoms with Crippen LogP contribution in [0, 0.1) is 0 Å². The van der Waals surface area contributed by atoms with Gasteiger partial charge in [0.05, 0.1) is 5.02 Å². The van der Waals surface area contributed by atoms with Gasteiger partial charge in [0.25, 0.3) is 0 Å². The Bertz CT molecular complexity index is 1150. The molecular weight excluding hydrogens is 482 g/mol. The highest BCUT2D eigenvalue weighted by Crippen LogP contribution is 2.31. The van der Waals surface area contributed by atoms with Crippen LogP contribution in [0.2, 0.25) is 5.02 Å². The van der Waals surface area contributed by atoms with Crippen molar-refractivity contribution in [3.05, 3.63) is 65.1 Å². The molecule has 3 aromatic rings. The summed E-state index contributed by atoms with van der Waals surface area (Å²) in [5, 5.41) is 0.688. The number of nitrogens with one attached hydrogen (secondary N) is 1. The lowest BCUT2D eigenvalue weighted by molar-refractivity contribution is 0.0610. The molecule has 5 rings (SSSR count). The van der Waals surface area contributed by atoms with Crippen LogP contribution in [0.5, 0.6) is 0 Å². The lowest BCUT2D eigenvalue weighted by atomic mass is 9.94. The highest BCUT2D eigenvalue weighted by molar-refractivity contribution is 6.33. The number of anilines is 1. The fourth-order valence-electron chi connectivity index (χ4n) is 5.83. The van der Waals surface area contributed by atoms with E-state index in [1.54, 1.807) is 6.20 Å². The second-order valence-corrected chi connectivity index (χ2v) is 11.5. The van der Waals surface area contributed by atoms with Crippen molar-refractivity contribution in [3.8, 4) is 11.4 Å². The molecule has 0 saturated carbocycles. The second kappa shape index (κ2) is 11.1. The molecule has 2 fully saturated rings. The Morgan fingerprint density at radius 2 is 1.84 bits per heavy atom. The Balaban J connectivity index is 1.16. The number of nitrogens with two attached hydrogens (primary N) is 1. The topological polar surface area (TPSA) is 77.3 Å². The normalized spacial score (nSPS) is 20.5. The van der Waals surface area contributed by atoms with Gasteiger partial charge in [-0.1, -0.05) is 42.8 Å². The first kappa shape index (κ1) is 26.2. The van der Waals surface area contributed by atoms with E-state index >= 15 is 0 Å². The molecule has 0 spiro atoms. The molecule has 2 aliphatic rings. The fraction of sp³-hybridized carbons (Fsp3) is 0.517. The molecule has 0 bridgehead atoms. The first-order valence-corrected chi connectivity index (χ1v) is 14.0. The van der Waals surface area contributed by atoms with Crippen molar-refractivity contribution in [2.45, 2.75) is 64.2 Å². The maximum Gasteiger partial charge on any atom is 0.147 e. The Kier molecular flexibility index (Phi) is 7.86. The lowest BCUT2D eigenvalue weighted by Gasteiger charge is -2.47. The number of hydrogen-bond acceptors (Lipinski definition) is 6. The van der Waals surface area contributed by atoms with Gasteiger partial charge in [-0.3, -0.25) is 9.80 Å². The zero-order chi connectivity index (χ0) is 26.0. The van der Waals surface area contributed by atoms with Gasteiger partial charge in [-0.2, -0.15) is 0 Å². The Labute approximate surface area is 226 Å². The average Bonchev–Trinajstić information content (AvgIpc) is 3.44. The zero-order valence-electron chi connectivity index (χ0n) is 22.3. The monoisotopic (exact) mass is 521 g/mol.